The van der Waals surface area contributed by atoms with E-state index in [1.54, 1.807) is 16.4 Å². The third kappa shape index (κ3) is 4.38. The lowest BCUT2D eigenvalue weighted by atomic mass is 9.87. The molecule has 2 aromatic heterocycles. The van der Waals surface area contributed by atoms with E-state index >= 15 is 0 Å². The van der Waals surface area contributed by atoms with E-state index in [0.717, 1.165) is 24.2 Å². The first-order chi connectivity index (χ1) is 16.6. The molecule has 0 unspecified atom stereocenters. The number of sulfonamides is 1. The monoisotopic (exact) mass is 497 g/mol. The van der Waals surface area contributed by atoms with Crippen molar-refractivity contribution in [1.29, 1.82) is 0 Å². The van der Waals surface area contributed by atoms with Gasteiger partial charge in [0.2, 0.25) is 16.0 Å². The van der Waals surface area contributed by atoms with Crippen molar-refractivity contribution in [2.24, 2.45) is 0 Å². The van der Waals surface area contributed by atoms with E-state index in [4.69, 9.17) is 16.5 Å². The molecule has 2 fully saturated rings. The molecule has 0 bridgehead atoms. The zero-order valence-corrected chi connectivity index (χ0v) is 21.6. The van der Waals surface area contributed by atoms with Gasteiger partial charge >= 0.3 is 0 Å². The molecule has 3 heterocycles. The van der Waals surface area contributed by atoms with E-state index in [0.29, 0.717) is 53.9 Å². The van der Waals surface area contributed by atoms with Crippen molar-refractivity contribution >= 4 is 33.0 Å². The molecule has 35 heavy (non-hydrogen) atoms. The molecule has 4 N–H and O–H groups in total. The molecule has 10 heteroatoms. The number of hydrogen-bond donors (Lipinski definition) is 2. The van der Waals surface area contributed by atoms with Crippen LogP contribution in [0.25, 0.3) is 11.2 Å². The maximum atomic E-state index is 13.3. The Morgan fingerprint density at radius 1 is 0.914 bits per heavy atom. The van der Waals surface area contributed by atoms with Crippen LogP contribution in [0.5, 0.6) is 0 Å². The largest absolute Gasteiger partial charge is 0.382 e. The molecule has 0 atom stereocenters. The molecular formula is C25H35N7O2S. The van der Waals surface area contributed by atoms with Gasteiger partial charge in [-0.3, -0.25) is 0 Å². The van der Waals surface area contributed by atoms with Crippen molar-refractivity contribution in [3.05, 3.63) is 35.7 Å². The van der Waals surface area contributed by atoms with Gasteiger partial charge in [-0.1, -0.05) is 45.7 Å². The van der Waals surface area contributed by atoms with Gasteiger partial charge in [-0.25, -0.2) is 13.4 Å². The molecule has 1 aromatic carbocycles. The first kappa shape index (κ1) is 24.0. The lowest BCUT2D eigenvalue weighted by molar-refractivity contribution is 0.306. The molecule has 188 valence electrons. The molecule has 5 rings (SSSR count). The number of nitrogen functional groups attached to an aromatic ring is 2. The number of imidazole rings is 1. The fraction of sp³-hybridized carbons (Fsp3) is 0.560. The molecule has 9 nitrogen and oxygen atoms in total. The second kappa shape index (κ2) is 8.74. The van der Waals surface area contributed by atoms with Crippen molar-refractivity contribution in [3.63, 3.8) is 0 Å². The van der Waals surface area contributed by atoms with Gasteiger partial charge in [0, 0.05) is 25.0 Å². The number of aromatic nitrogens is 4. The summed E-state index contributed by atoms with van der Waals surface area (Å²) in [5.74, 6) is 1.51. The summed E-state index contributed by atoms with van der Waals surface area (Å²) >= 11 is 0. The standard InChI is InChI=1S/C25H35N7O2S/c1-25(2,3)17-8-10-19(11-9-17)35(33,34)31-14-12-16(13-15-31)22-28-20-21(26)29-24(27)30-23(20)32(22)18-6-4-5-7-18/h8-11,16,18H,4-7,12-15H2,1-3H3,(H4,26,27,29,30). The molecule has 0 radical (unpaired) electrons. The second-order valence-corrected chi connectivity index (χ2v) is 12.8. The maximum absolute atomic E-state index is 13.3. The van der Waals surface area contributed by atoms with Crippen LogP contribution in [0.3, 0.4) is 0 Å². The highest BCUT2D eigenvalue weighted by molar-refractivity contribution is 7.89. The van der Waals surface area contributed by atoms with Crippen LogP contribution in [0.4, 0.5) is 11.8 Å². The van der Waals surface area contributed by atoms with E-state index in [-0.39, 0.29) is 17.3 Å². The van der Waals surface area contributed by atoms with Gasteiger partial charge in [0.05, 0.1) is 4.90 Å². The van der Waals surface area contributed by atoms with Gasteiger partial charge in [0.25, 0.3) is 0 Å². The topological polar surface area (TPSA) is 133 Å². The average molecular weight is 498 g/mol. The quantitative estimate of drug-likeness (QED) is 0.557. The van der Waals surface area contributed by atoms with Gasteiger partial charge < -0.3 is 16.0 Å². The minimum Gasteiger partial charge on any atom is -0.382 e. The van der Waals surface area contributed by atoms with E-state index in [2.05, 4.69) is 35.3 Å². The highest BCUT2D eigenvalue weighted by Gasteiger charge is 2.34. The van der Waals surface area contributed by atoms with E-state index < -0.39 is 10.0 Å². The maximum Gasteiger partial charge on any atom is 0.243 e. The predicted molar refractivity (Wildman–Crippen MR) is 138 cm³/mol. The van der Waals surface area contributed by atoms with Crippen LogP contribution in [0.2, 0.25) is 0 Å². The van der Waals surface area contributed by atoms with Crippen molar-refractivity contribution in [2.75, 3.05) is 24.6 Å². The Balaban J connectivity index is 1.40. The summed E-state index contributed by atoms with van der Waals surface area (Å²) in [6, 6.07) is 7.61. The minimum atomic E-state index is -3.55. The molecule has 3 aromatic rings. The summed E-state index contributed by atoms with van der Waals surface area (Å²) in [6.07, 6.45) is 5.87. The van der Waals surface area contributed by atoms with Gasteiger partial charge in [0.15, 0.2) is 17.0 Å². The smallest absolute Gasteiger partial charge is 0.243 e. The summed E-state index contributed by atoms with van der Waals surface area (Å²) in [5.41, 5.74) is 14.5. The van der Waals surface area contributed by atoms with Crippen LogP contribution in [-0.2, 0) is 15.4 Å². The van der Waals surface area contributed by atoms with Crippen molar-refractivity contribution in [1.82, 2.24) is 23.8 Å². The highest BCUT2D eigenvalue weighted by atomic mass is 32.2. The van der Waals surface area contributed by atoms with Crippen molar-refractivity contribution < 1.29 is 8.42 Å². The average Bonchev–Trinajstić information content (AvgIpc) is 3.46. The van der Waals surface area contributed by atoms with Crippen LogP contribution in [-0.4, -0.2) is 45.3 Å². The van der Waals surface area contributed by atoms with Gasteiger partial charge in [-0.15, -0.1) is 0 Å². The number of nitrogens with two attached hydrogens (primary N) is 2. The van der Waals surface area contributed by atoms with E-state index in [9.17, 15) is 8.42 Å². The number of hydrogen-bond acceptors (Lipinski definition) is 7. The molecule has 0 spiro atoms. The van der Waals surface area contributed by atoms with Crippen LogP contribution in [0.1, 0.15) is 82.6 Å². The summed E-state index contributed by atoms with van der Waals surface area (Å²) in [4.78, 5) is 13.8. The number of nitrogens with zero attached hydrogens (tertiary/aromatic N) is 5. The fourth-order valence-corrected chi connectivity index (χ4v) is 6.94. The Kier molecular flexibility index (Phi) is 5.99. The second-order valence-electron chi connectivity index (χ2n) is 10.9. The van der Waals surface area contributed by atoms with Crippen LogP contribution in [0.15, 0.2) is 29.2 Å². The molecule has 1 saturated heterocycles. The van der Waals surface area contributed by atoms with E-state index in [1.165, 1.54) is 12.8 Å². The SMILES string of the molecule is CC(C)(C)c1ccc(S(=O)(=O)N2CCC(c3nc4c(N)nc(N)nc4n3C3CCCC3)CC2)cc1. The predicted octanol–water partition coefficient (Wildman–Crippen LogP) is 3.97. The Bertz CT molecular complexity index is 1330. The number of anilines is 2. The third-order valence-electron chi connectivity index (χ3n) is 7.48. The number of benzene rings is 1. The normalized spacial score (nSPS) is 19.1. The zero-order chi connectivity index (χ0) is 25.0. The lowest BCUT2D eigenvalue weighted by Gasteiger charge is -2.32. The van der Waals surface area contributed by atoms with Crippen LogP contribution < -0.4 is 11.5 Å². The minimum absolute atomic E-state index is 0.0240. The van der Waals surface area contributed by atoms with Crippen molar-refractivity contribution in [2.45, 2.75) is 81.6 Å². The van der Waals surface area contributed by atoms with Gasteiger partial charge in [-0.2, -0.15) is 14.3 Å². The highest BCUT2D eigenvalue weighted by Crippen LogP contribution is 2.39. The molecule has 1 aliphatic carbocycles. The Morgan fingerprint density at radius 3 is 2.14 bits per heavy atom. The molecular weight excluding hydrogens is 462 g/mol. The summed E-state index contributed by atoms with van der Waals surface area (Å²) < 4.78 is 30.5. The fourth-order valence-electron chi connectivity index (χ4n) is 5.47. The molecule has 1 aliphatic heterocycles. The zero-order valence-electron chi connectivity index (χ0n) is 20.7. The first-order valence-electron chi connectivity index (χ1n) is 12.5. The Labute approximate surface area is 207 Å². The third-order valence-corrected chi connectivity index (χ3v) is 9.39. The van der Waals surface area contributed by atoms with E-state index in [1.807, 2.05) is 12.1 Å². The molecule has 2 aliphatic rings. The van der Waals surface area contributed by atoms with Crippen LogP contribution >= 0.6 is 0 Å². The number of piperidine rings is 1. The number of fused-ring (bicyclic) bond motifs is 1. The first-order valence-corrected chi connectivity index (χ1v) is 13.9. The summed E-state index contributed by atoms with van der Waals surface area (Å²) in [7, 11) is -3.55. The number of rotatable bonds is 4. The van der Waals surface area contributed by atoms with Gasteiger partial charge in [-0.05, 0) is 48.8 Å². The molecule has 0 amide bonds. The molecule has 1 saturated carbocycles. The van der Waals surface area contributed by atoms with Crippen molar-refractivity contribution in [3.8, 4) is 0 Å². The summed E-state index contributed by atoms with van der Waals surface area (Å²) in [6.45, 7) is 7.26. The lowest BCUT2D eigenvalue weighted by Crippen LogP contribution is -2.38. The summed E-state index contributed by atoms with van der Waals surface area (Å²) in [5, 5.41) is 0. The Morgan fingerprint density at radius 2 is 1.54 bits per heavy atom. The van der Waals surface area contributed by atoms with Crippen LogP contribution in [0, 0.1) is 0 Å². The van der Waals surface area contributed by atoms with Gasteiger partial charge in [0.1, 0.15) is 5.82 Å². The Hall–Kier alpha value is -2.72.